The van der Waals surface area contributed by atoms with E-state index in [0.717, 1.165) is 18.4 Å². The summed E-state index contributed by atoms with van der Waals surface area (Å²) in [4.78, 5) is 25.2. The van der Waals surface area contributed by atoms with E-state index in [1.165, 1.54) is 6.07 Å². The molecule has 0 bridgehead atoms. The monoisotopic (exact) mass is 316 g/mol. The number of benzene rings is 1. The zero-order valence-corrected chi connectivity index (χ0v) is 13.0. The van der Waals surface area contributed by atoms with Crippen LogP contribution < -0.4 is 0 Å². The summed E-state index contributed by atoms with van der Waals surface area (Å²) < 4.78 is 0. The second-order valence-corrected chi connectivity index (χ2v) is 6.33. The van der Waals surface area contributed by atoms with E-state index in [4.69, 9.17) is 0 Å². The first-order valence-corrected chi connectivity index (χ1v) is 8.07. The third-order valence-electron chi connectivity index (χ3n) is 3.83. The van der Waals surface area contributed by atoms with Crippen LogP contribution in [0.2, 0.25) is 0 Å². The number of nitro groups is 1. The number of nitrogens with zero attached hydrogens (tertiary/aromatic N) is 2. The van der Waals surface area contributed by atoms with Gasteiger partial charge in [-0.2, -0.15) is 11.3 Å². The van der Waals surface area contributed by atoms with Crippen LogP contribution in [-0.2, 0) is 6.54 Å². The molecule has 2 aromatic rings. The SMILES string of the molecule is Cc1ccc(C(=O)N(Cc2ccsc2)C2CC2)cc1[N+](=O)[O-]. The predicted molar refractivity (Wildman–Crippen MR) is 85.0 cm³/mol. The van der Waals surface area contributed by atoms with Crippen LogP contribution in [0.4, 0.5) is 5.69 Å². The van der Waals surface area contributed by atoms with E-state index in [2.05, 4.69) is 0 Å². The maximum Gasteiger partial charge on any atom is 0.273 e. The third kappa shape index (κ3) is 3.01. The molecule has 3 rings (SSSR count). The Hall–Kier alpha value is -2.21. The topological polar surface area (TPSA) is 63.5 Å². The zero-order valence-electron chi connectivity index (χ0n) is 12.2. The van der Waals surface area contributed by atoms with Crippen molar-refractivity contribution in [2.75, 3.05) is 0 Å². The van der Waals surface area contributed by atoms with Gasteiger partial charge in [0.2, 0.25) is 0 Å². The van der Waals surface area contributed by atoms with E-state index in [0.29, 0.717) is 17.7 Å². The first kappa shape index (κ1) is 14.7. The number of thiophene rings is 1. The minimum Gasteiger partial charge on any atom is -0.331 e. The maximum absolute atomic E-state index is 12.7. The molecule has 22 heavy (non-hydrogen) atoms. The van der Waals surface area contributed by atoms with Crippen LogP contribution in [0.3, 0.4) is 0 Å². The van der Waals surface area contributed by atoms with Gasteiger partial charge in [0, 0.05) is 29.8 Å². The van der Waals surface area contributed by atoms with Crippen LogP contribution >= 0.6 is 11.3 Å². The van der Waals surface area contributed by atoms with Crippen LogP contribution in [0.25, 0.3) is 0 Å². The van der Waals surface area contributed by atoms with Gasteiger partial charge < -0.3 is 4.90 Å². The molecule has 5 nitrogen and oxygen atoms in total. The Bertz CT molecular complexity index is 708. The summed E-state index contributed by atoms with van der Waals surface area (Å²) in [5.74, 6) is -0.128. The number of carbonyl (C=O) groups is 1. The van der Waals surface area contributed by atoms with Crippen molar-refractivity contribution < 1.29 is 9.72 Å². The fraction of sp³-hybridized carbons (Fsp3) is 0.312. The second-order valence-electron chi connectivity index (χ2n) is 5.55. The molecule has 1 heterocycles. The van der Waals surface area contributed by atoms with Gasteiger partial charge in [0.15, 0.2) is 0 Å². The molecule has 0 radical (unpaired) electrons. The number of nitro benzene ring substituents is 1. The van der Waals surface area contributed by atoms with Crippen molar-refractivity contribution in [2.45, 2.75) is 32.4 Å². The number of hydrogen-bond donors (Lipinski definition) is 0. The van der Waals surface area contributed by atoms with Gasteiger partial charge in [0.05, 0.1) is 4.92 Å². The molecular weight excluding hydrogens is 300 g/mol. The van der Waals surface area contributed by atoms with Gasteiger partial charge in [0.1, 0.15) is 0 Å². The Balaban J connectivity index is 1.87. The van der Waals surface area contributed by atoms with Crippen molar-refractivity contribution in [2.24, 2.45) is 0 Å². The third-order valence-corrected chi connectivity index (χ3v) is 4.57. The van der Waals surface area contributed by atoms with Crippen LogP contribution in [0.5, 0.6) is 0 Å². The number of aryl methyl sites for hydroxylation is 1. The van der Waals surface area contributed by atoms with E-state index in [9.17, 15) is 14.9 Å². The van der Waals surface area contributed by atoms with Crippen molar-refractivity contribution in [3.05, 3.63) is 61.8 Å². The molecule has 0 N–H and O–H groups in total. The fourth-order valence-electron chi connectivity index (χ4n) is 2.44. The largest absolute Gasteiger partial charge is 0.331 e. The summed E-state index contributed by atoms with van der Waals surface area (Å²) in [7, 11) is 0. The van der Waals surface area contributed by atoms with Crippen molar-refractivity contribution >= 4 is 22.9 Å². The number of carbonyl (C=O) groups excluding carboxylic acids is 1. The minimum atomic E-state index is -0.438. The Morgan fingerprint density at radius 2 is 2.18 bits per heavy atom. The lowest BCUT2D eigenvalue weighted by molar-refractivity contribution is -0.385. The highest BCUT2D eigenvalue weighted by atomic mass is 32.1. The van der Waals surface area contributed by atoms with Crippen molar-refractivity contribution in [3.8, 4) is 0 Å². The average Bonchev–Trinajstić information content (AvgIpc) is 3.21. The molecule has 6 heteroatoms. The molecule has 114 valence electrons. The molecule has 0 unspecified atom stereocenters. The van der Waals surface area contributed by atoms with E-state index >= 15 is 0 Å². The molecular formula is C16H16N2O3S. The molecule has 1 aromatic carbocycles. The van der Waals surface area contributed by atoms with Gasteiger partial charge in [-0.25, -0.2) is 0 Å². The van der Waals surface area contributed by atoms with Crippen LogP contribution in [0.15, 0.2) is 35.0 Å². The molecule has 0 spiro atoms. The highest BCUT2D eigenvalue weighted by Gasteiger charge is 2.33. The first-order chi connectivity index (χ1) is 10.6. The van der Waals surface area contributed by atoms with E-state index in [1.807, 2.05) is 21.7 Å². The van der Waals surface area contributed by atoms with Crippen molar-refractivity contribution in [1.29, 1.82) is 0 Å². The standard InChI is InChI=1S/C16H16N2O3S/c1-11-2-3-13(8-15(11)18(20)21)16(19)17(14-4-5-14)9-12-6-7-22-10-12/h2-3,6-8,10,14H,4-5,9H2,1H3. The predicted octanol–water partition coefficient (Wildman–Crippen LogP) is 3.77. The fourth-order valence-corrected chi connectivity index (χ4v) is 3.10. The highest BCUT2D eigenvalue weighted by molar-refractivity contribution is 7.07. The Morgan fingerprint density at radius 1 is 1.41 bits per heavy atom. The molecule has 0 saturated heterocycles. The second kappa shape index (κ2) is 5.88. The van der Waals surface area contributed by atoms with Crippen LogP contribution in [0.1, 0.15) is 34.3 Å². The number of hydrogen-bond acceptors (Lipinski definition) is 4. The molecule has 1 amide bonds. The molecule has 0 aliphatic heterocycles. The minimum absolute atomic E-state index is 0.00266. The molecule has 0 atom stereocenters. The van der Waals surface area contributed by atoms with Crippen molar-refractivity contribution in [1.82, 2.24) is 4.90 Å². The quantitative estimate of drug-likeness (QED) is 0.623. The summed E-state index contributed by atoms with van der Waals surface area (Å²) in [6, 6.07) is 6.97. The summed E-state index contributed by atoms with van der Waals surface area (Å²) in [5, 5.41) is 15.1. The van der Waals surface area contributed by atoms with E-state index < -0.39 is 4.92 Å². The Morgan fingerprint density at radius 3 is 2.77 bits per heavy atom. The van der Waals surface area contributed by atoms with E-state index in [1.54, 1.807) is 30.4 Å². The van der Waals surface area contributed by atoms with Gasteiger partial charge in [-0.05, 0) is 48.2 Å². The summed E-state index contributed by atoms with van der Waals surface area (Å²) in [5.41, 5.74) is 2.06. The summed E-state index contributed by atoms with van der Waals surface area (Å²) in [6.45, 7) is 2.24. The average molecular weight is 316 g/mol. The highest BCUT2D eigenvalue weighted by Crippen LogP contribution is 2.31. The number of rotatable bonds is 5. The summed E-state index contributed by atoms with van der Waals surface area (Å²) in [6.07, 6.45) is 2.01. The lowest BCUT2D eigenvalue weighted by atomic mass is 10.1. The van der Waals surface area contributed by atoms with Gasteiger partial charge in [-0.1, -0.05) is 6.07 Å². The van der Waals surface area contributed by atoms with Crippen molar-refractivity contribution in [3.63, 3.8) is 0 Å². The molecule has 1 aliphatic rings. The molecule has 1 saturated carbocycles. The first-order valence-electron chi connectivity index (χ1n) is 7.13. The van der Waals surface area contributed by atoms with Crippen LogP contribution in [-0.4, -0.2) is 21.8 Å². The van der Waals surface area contributed by atoms with Gasteiger partial charge in [-0.15, -0.1) is 0 Å². The maximum atomic E-state index is 12.7. The molecule has 1 aromatic heterocycles. The zero-order chi connectivity index (χ0) is 15.7. The van der Waals surface area contributed by atoms with Gasteiger partial charge in [-0.3, -0.25) is 14.9 Å². The Labute approximate surface area is 132 Å². The lowest BCUT2D eigenvalue weighted by Crippen LogP contribution is -2.32. The summed E-state index contributed by atoms with van der Waals surface area (Å²) >= 11 is 1.60. The van der Waals surface area contributed by atoms with Crippen LogP contribution in [0, 0.1) is 17.0 Å². The molecule has 1 fully saturated rings. The normalized spacial score (nSPS) is 13.9. The Kier molecular flexibility index (Phi) is 3.94. The van der Waals surface area contributed by atoms with Gasteiger partial charge in [0.25, 0.3) is 11.6 Å². The lowest BCUT2D eigenvalue weighted by Gasteiger charge is -2.22. The van der Waals surface area contributed by atoms with Gasteiger partial charge >= 0.3 is 0 Å². The smallest absolute Gasteiger partial charge is 0.273 e. The molecule has 1 aliphatic carbocycles. The number of amides is 1. The van der Waals surface area contributed by atoms with E-state index in [-0.39, 0.29) is 17.6 Å².